The summed E-state index contributed by atoms with van der Waals surface area (Å²) in [5.41, 5.74) is 2.03. The van der Waals surface area contributed by atoms with Gasteiger partial charge in [0.05, 0.1) is 12.3 Å². The molecule has 35 heavy (non-hydrogen) atoms. The van der Waals surface area contributed by atoms with E-state index >= 15 is 0 Å². The third-order valence-corrected chi connectivity index (χ3v) is 6.93. The zero-order valence-corrected chi connectivity index (χ0v) is 19.9. The van der Waals surface area contributed by atoms with Crippen molar-refractivity contribution in [3.8, 4) is 5.75 Å². The molecule has 2 aromatic heterocycles. The van der Waals surface area contributed by atoms with Crippen LogP contribution in [-0.2, 0) is 11.2 Å². The van der Waals surface area contributed by atoms with Gasteiger partial charge in [0.2, 0.25) is 0 Å². The molecule has 0 bridgehead atoms. The third-order valence-electron chi connectivity index (χ3n) is 6.56. The average molecular weight is 488 g/mol. The van der Waals surface area contributed by atoms with E-state index in [-0.39, 0.29) is 17.5 Å². The van der Waals surface area contributed by atoms with E-state index in [0.717, 1.165) is 12.0 Å². The number of anilines is 2. The smallest absolute Gasteiger partial charge is 0.272 e. The van der Waals surface area contributed by atoms with Crippen molar-refractivity contribution < 1.29 is 13.9 Å². The fraction of sp³-hybridized carbons (Fsp3) is 0.269. The molecule has 0 N–H and O–H groups in total. The molecular formula is C26H22FN5O2S. The molecule has 1 aliphatic carbocycles. The summed E-state index contributed by atoms with van der Waals surface area (Å²) in [7, 11) is 0. The SMILES string of the molecule is [C-]#[N+]c1ncc(N2C(=O)C3(CCC3)N(c3ccc(F)c(OCCc4ccncc4)c3)C2=S)cc1C. The molecule has 5 rings (SSSR count). The summed E-state index contributed by atoms with van der Waals surface area (Å²) in [6.07, 6.45) is 7.70. The molecule has 1 saturated heterocycles. The molecule has 0 unspecified atom stereocenters. The lowest BCUT2D eigenvalue weighted by Gasteiger charge is -2.43. The van der Waals surface area contributed by atoms with E-state index < -0.39 is 11.4 Å². The fourth-order valence-electron chi connectivity index (χ4n) is 4.57. The molecule has 1 amide bonds. The second-order valence-electron chi connectivity index (χ2n) is 8.66. The van der Waals surface area contributed by atoms with Gasteiger partial charge in [-0.25, -0.2) is 4.39 Å². The Bertz CT molecular complexity index is 1350. The number of aromatic nitrogens is 2. The number of pyridine rings is 2. The van der Waals surface area contributed by atoms with Gasteiger partial charge in [-0.1, -0.05) is 6.57 Å². The van der Waals surface area contributed by atoms with E-state index in [0.29, 0.717) is 47.9 Å². The monoisotopic (exact) mass is 487 g/mol. The number of carbonyl (C=O) groups is 1. The number of amides is 1. The second-order valence-corrected chi connectivity index (χ2v) is 9.02. The second kappa shape index (κ2) is 9.04. The van der Waals surface area contributed by atoms with Crippen molar-refractivity contribution >= 4 is 40.4 Å². The largest absolute Gasteiger partial charge is 0.490 e. The third kappa shape index (κ3) is 3.90. The van der Waals surface area contributed by atoms with Gasteiger partial charge >= 0.3 is 0 Å². The van der Waals surface area contributed by atoms with Crippen LogP contribution in [0, 0.1) is 19.3 Å². The zero-order valence-electron chi connectivity index (χ0n) is 19.1. The zero-order chi connectivity index (χ0) is 24.6. The highest BCUT2D eigenvalue weighted by Gasteiger charge is 2.59. The molecule has 2 aliphatic rings. The highest BCUT2D eigenvalue weighted by molar-refractivity contribution is 7.81. The Morgan fingerprint density at radius 3 is 2.63 bits per heavy atom. The standard InChI is InChI=1S/C26H22FN5O2S/c1-17-14-20(16-30-23(17)28-2)31-24(33)26(9-3-10-26)32(25(31)35)19-4-5-21(27)22(15-19)34-13-8-18-6-11-29-12-7-18/h4-7,11-12,14-16H,3,8-10,13H2,1H3. The lowest BCUT2D eigenvalue weighted by Crippen LogP contribution is -2.55. The number of hydrogen-bond acceptors (Lipinski definition) is 5. The van der Waals surface area contributed by atoms with Gasteiger partial charge in [0, 0.05) is 30.6 Å². The first-order chi connectivity index (χ1) is 16.9. The van der Waals surface area contributed by atoms with Crippen LogP contribution in [-0.4, -0.2) is 33.1 Å². The first-order valence-electron chi connectivity index (χ1n) is 11.3. The molecule has 1 spiro atoms. The normalized spacial score (nSPS) is 16.4. The van der Waals surface area contributed by atoms with Crippen LogP contribution in [0.1, 0.15) is 30.4 Å². The molecule has 176 valence electrons. The van der Waals surface area contributed by atoms with Gasteiger partial charge in [0.25, 0.3) is 11.7 Å². The molecule has 2 fully saturated rings. The average Bonchev–Trinajstić information content (AvgIpc) is 3.07. The lowest BCUT2D eigenvalue weighted by molar-refractivity contribution is -0.123. The Hall–Kier alpha value is -3.90. The van der Waals surface area contributed by atoms with Crippen molar-refractivity contribution in [2.75, 3.05) is 16.4 Å². The van der Waals surface area contributed by atoms with E-state index in [1.165, 1.54) is 17.2 Å². The van der Waals surface area contributed by atoms with E-state index in [2.05, 4.69) is 14.8 Å². The summed E-state index contributed by atoms with van der Waals surface area (Å²) in [4.78, 5) is 28.5. The van der Waals surface area contributed by atoms with E-state index in [4.69, 9.17) is 23.5 Å². The predicted molar refractivity (Wildman–Crippen MR) is 134 cm³/mol. The van der Waals surface area contributed by atoms with Crippen LogP contribution in [0.4, 0.5) is 21.6 Å². The number of aryl methyl sites for hydroxylation is 1. The van der Waals surface area contributed by atoms with Gasteiger partial charge < -0.3 is 14.5 Å². The first-order valence-corrected chi connectivity index (χ1v) is 11.7. The van der Waals surface area contributed by atoms with Crippen LogP contribution in [0.3, 0.4) is 0 Å². The maximum atomic E-state index is 14.6. The minimum atomic E-state index is -0.810. The molecule has 1 aromatic carbocycles. The molecule has 3 heterocycles. The van der Waals surface area contributed by atoms with Crippen molar-refractivity contribution in [3.05, 3.63) is 83.4 Å². The molecular weight excluding hydrogens is 465 g/mol. The highest BCUT2D eigenvalue weighted by atomic mass is 32.1. The number of hydrogen-bond donors (Lipinski definition) is 0. The van der Waals surface area contributed by atoms with Crippen molar-refractivity contribution in [2.45, 2.75) is 38.1 Å². The van der Waals surface area contributed by atoms with Crippen LogP contribution >= 0.6 is 12.2 Å². The Morgan fingerprint density at radius 2 is 1.97 bits per heavy atom. The Balaban J connectivity index is 1.44. The van der Waals surface area contributed by atoms with E-state index in [1.807, 2.05) is 17.0 Å². The molecule has 1 saturated carbocycles. The van der Waals surface area contributed by atoms with Gasteiger partial charge in [0.1, 0.15) is 11.7 Å². The van der Waals surface area contributed by atoms with Crippen LogP contribution in [0.2, 0.25) is 0 Å². The number of thiocarbonyl (C=S) groups is 1. The van der Waals surface area contributed by atoms with E-state index in [9.17, 15) is 9.18 Å². The first kappa shape index (κ1) is 22.9. The van der Waals surface area contributed by atoms with Crippen molar-refractivity contribution in [2.24, 2.45) is 0 Å². The predicted octanol–water partition coefficient (Wildman–Crippen LogP) is 5.16. The minimum Gasteiger partial charge on any atom is -0.490 e. The summed E-state index contributed by atoms with van der Waals surface area (Å²) in [6, 6.07) is 10.1. The Morgan fingerprint density at radius 1 is 1.20 bits per heavy atom. The van der Waals surface area contributed by atoms with Gasteiger partial charge in [-0.05, 0) is 79.9 Å². The van der Waals surface area contributed by atoms with Crippen LogP contribution in [0.15, 0.2) is 55.0 Å². The van der Waals surface area contributed by atoms with Crippen molar-refractivity contribution in [1.82, 2.24) is 9.97 Å². The minimum absolute atomic E-state index is 0.110. The molecule has 1 aliphatic heterocycles. The maximum Gasteiger partial charge on any atom is 0.272 e. The van der Waals surface area contributed by atoms with Gasteiger partial charge in [-0.15, -0.1) is 4.98 Å². The number of benzene rings is 1. The number of nitrogens with zero attached hydrogens (tertiary/aromatic N) is 5. The van der Waals surface area contributed by atoms with Gasteiger partial charge in [0.15, 0.2) is 16.7 Å². The highest BCUT2D eigenvalue weighted by Crippen LogP contribution is 2.48. The maximum absolute atomic E-state index is 14.6. The summed E-state index contributed by atoms with van der Waals surface area (Å²) in [5.74, 6) is -0.212. The van der Waals surface area contributed by atoms with E-state index in [1.54, 1.807) is 37.5 Å². The Kier molecular flexibility index (Phi) is 5.91. The van der Waals surface area contributed by atoms with Gasteiger partial charge in [-0.2, -0.15) is 0 Å². The van der Waals surface area contributed by atoms with Crippen molar-refractivity contribution in [3.63, 3.8) is 0 Å². The number of halogens is 1. The number of carbonyl (C=O) groups excluding carboxylic acids is 1. The summed E-state index contributed by atoms with van der Waals surface area (Å²) >= 11 is 5.79. The molecule has 0 radical (unpaired) electrons. The molecule has 0 atom stereocenters. The Labute approximate surface area is 208 Å². The lowest BCUT2D eigenvalue weighted by atomic mass is 9.75. The van der Waals surface area contributed by atoms with Crippen molar-refractivity contribution in [1.29, 1.82) is 0 Å². The summed E-state index contributed by atoms with van der Waals surface area (Å²) < 4.78 is 20.4. The topological polar surface area (TPSA) is 62.9 Å². The number of ether oxygens (including phenoxy) is 1. The van der Waals surface area contributed by atoms with Gasteiger partial charge in [-0.3, -0.25) is 14.7 Å². The van der Waals surface area contributed by atoms with Crippen LogP contribution in [0.5, 0.6) is 5.75 Å². The molecule has 7 nitrogen and oxygen atoms in total. The quantitative estimate of drug-likeness (QED) is 0.354. The number of rotatable bonds is 6. The summed E-state index contributed by atoms with van der Waals surface area (Å²) in [5, 5.41) is 0.306. The molecule has 3 aromatic rings. The summed E-state index contributed by atoms with van der Waals surface area (Å²) in [6.45, 7) is 9.30. The van der Waals surface area contributed by atoms with Crippen LogP contribution < -0.4 is 14.5 Å². The fourth-order valence-corrected chi connectivity index (χ4v) is 5.04. The molecule has 9 heteroatoms. The van der Waals surface area contributed by atoms with Crippen LogP contribution in [0.25, 0.3) is 4.85 Å².